The van der Waals surface area contributed by atoms with Crippen molar-refractivity contribution in [3.63, 3.8) is 0 Å². The highest BCUT2D eigenvalue weighted by molar-refractivity contribution is 7.88. The van der Waals surface area contributed by atoms with Crippen molar-refractivity contribution in [3.8, 4) is 0 Å². The summed E-state index contributed by atoms with van der Waals surface area (Å²) in [5.41, 5.74) is 0. The summed E-state index contributed by atoms with van der Waals surface area (Å²) in [6, 6.07) is 0. The predicted octanol–water partition coefficient (Wildman–Crippen LogP) is -0.0153. The minimum atomic E-state index is -4.69. The number of aromatic nitrogens is 3. The van der Waals surface area contributed by atoms with Crippen LogP contribution in [-0.2, 0) is 29.8 Å². The topological polar surface area (TPSA) is 88.3 Å². The Morgan fingerprint density at radius 3 is 2.29 bits per heavy atom. The lowest BCUT2D eigenvalue weighted by Crippen LogP contribution is -2.27. The van der Waals surface area contributed by atoms with Crippen molar-refractivity contribution in [1.82, 2.24) is 19.2 Å². The van der Waals surface area contributed by atoms with Crippen LogP contribution in [0.15, 0.2) is 0 Å². The van der Waals surface area contributed by atoms with Crippen molar-refractivity contribution in [1.29, 1.82) is 0 Å². The van der Waals surface area contributed by atoms with Gasteiger partial charge in [0.2, 0.25) is 15.8 Å². The zero-order chi connectivity index (χ0) is 13.4. The summed E-state index contributed by atoms with van der Waals surface area (Å²) in [5, 5.41) is 15.1. The molecule has 1 aromatic heterocycles. The number of nitrogens with zero attached hydrogens (tertiary/aromatic N) is 4. The van der Waals surface area contributed by atoms with Crippen molar-refractivity contribution in [2.75, 3.05) is 6.26 Å². The van der Waals surface area contributed by atoms with Crippen LogP contribution in [0.1, 0.15) is 11.6 Å². The average Bonchev–Trinajstić information content (AvgIpc) is 2.45. The standard InChI is InChI=1S/C6H9F3N4O3S/c1-12-4(3-13(14)17(2,15)16)10-11-5(12)6(7,8)9/h14H,3H2,1-2H3. The van der Waals surface area contributed by atoms with E-state index in [1.807, 2.05) is 0 Å². The third-order valence-corrected chi connectivity index (χ3v) is 2.77. The Labute approximate surface area is 94.5 Å². The van der Waals surface area contributed by atoms with Gasteiger partial charge in [0.1, 0.15) is 6.54 Å². The Hall–Kier alpha value is -1.20. The molecule has 0 saturated carbocycles. The normalized spacial score (nSPS) is 13.4. The molecular weight excluding hydrogens is 265 g/mol. The number of halogens is 3. The van der Waals surface area contributed by atoms with Gasteiger partial charge in [0, 0.05) is 7.05 Å². The van der Waals surface area contributed by atoms with Crippen LogP contribution in [0.4, 0.5) is 13.2 Å². The van der Waals surface area contributed by atoms with Gasteiger partial charge in [0.05, 0.1) is 6.26 Å². The number of alkyl halides is 3. The van der Waals surface area contributed by atoms with Gasteiger partial charge in [-0.1, -0.05) is 4.47 Å². The van der Waals surface area contributed by atoms with Crippen molar-refractivity contribution in [2.24, 2.45) is 7.05 Å². The lowest BCUT2D eigenvalue weighted by molar-refractivity contribution is -0.147. The molecule has 11 heteroatoms. The Balaban J connectivity index is 3.00. The summed E-state index contributed by atoms with van der Waals surface area (Å²) in [5.74, 6) is -1.60. The molecule has 7 nitrogen and oxygen atoms in total. The Bertz CT molecular complexity index is 509. The van der Waals surface area contributed by atoms with E-state index in [9.17, 15) is 21.6 Å². The summed E-state index contributed by atoms with van der Waals surface area (Å²) in [6.45, 7) is -0.710. The summed E-state index contributed by atoms with van der Waals surface area (Å²) in [7, 11) is -2.90. The number of sulfonamides is 1. The summed E-state index contributed by atoms with van der Waals surface area (Å²) < 4.78 is 59.1. The Morgan fingerprint density at radius 1 is 1.41 bits per heavy atom. The zero-order valence-corrected chi connectivity index (χ0v) is 9.62. The number of rotatable bonds is 3. The highest BCUT2D eigenvalue weighted by atomic mass is 32.2. The molecule has 1 heterocycles. The van der Waals surface area contributed by atoms with E-state index in [0.29, 0.717) is 10.8 Å². The van der Waals surface area contributed by atoms with Gasteiger partial charge in [-0.25, -0.2) is 8.42 Å². The lowest BCUT2D eigenvalue weighted by atomic mass is 10.5. The molecule has 17 heavy (non-hydrogen) atoms. The van der Waals surface area contributed by atoms with E-state index >= 15 is 0 Å². The van der Waals surface area contributed by atoms with Gasteiger partial charge < -0.3 is 4.57 Å². The first-order chi connectivity index (χ1) is 7.53. The van der Waals surface area contributed by atoms with Gasteiger partial charge >= 0.3 is 6.18 Å². The molecule has 0 spiro atoms. The maximum atomic E-state index is 12.3. The average molecular weight is 274 g/mol. The number of hydrogen-bond donors (Lipinski definition) is 1. The molecule has 0 fully saturated rings. The quantitative estimate of drug-likeness (QED) is 0.783. The van der Waals surface area contributed by atoms with Crippen molar-refractivity contribution in [3.05, 3.63) is 11.6 Å². The third kappa shape index (κ3) is 3.14. The van der Waals surface area contributed by atoms with Gasteiger partial charge in [-0.3, -0.25) is 5.21 Å². The number of hydrogen-bond acceptors (Lipinski definition) is 5. The van der Waals surface area contributed by atoms with E-state index in [1.165, 1.54) is 0 Å². The van der Waals surface area contributed by atoms with Gasteiger partial charge in [-0.05, 0) is 0 Å². The molecule has 0 aromatic carbocycles. The third-order valence-electron chi connectivity index (χ3n) is 1.88. The SMILES string of the molecule is Cn1c(CN(O)S(C)(=O)=O)nnc1C(F)(F)F. The minimum Gasteiger partial charge on any atom is -0.309 e. The van der Waals surface area contributed by atoms with Crippen molar-refractivity contribution in [2.45, 2.75) is 12.7 Å². The van der Waals surface area contributed by atoms with E-state index in [4.69, 9.17) is 5.21 Å². The smallest absolute Gasteiger partial charge is 0.309 e. The van der Waals surface area contributed by atoms with Crippen LogP contribution in [-0.4, -0.2) is 39.1 Å². The van der Waals surface area contributed by atoms with Gasteiger partial charge in [-0.15, -0.1) is 10.2 Å². The second kappa shape index (κ2) is 4.23. The molecule has 0 saturated heterocycles. The van der Waals surface area contributed by atoms with E-state index in [-0.39, 0.29) is 10.3 Å². The summed E-state index contributed by atoms with van der Waals surface area (Å²) in [6.07, 6.45) is -3.99. The molecule has 1 aromatic rings. The maximum absolute atomic E-state index is 12.3. The molecule has 0 atom stereocenters. The van der Waals surface area contributed by atoms with Gasteiger partial charge in [0.15, 0.2) is 5.82 Å². The molecule has 0 radical (unpaired) electrons. The van der Waals surface area contributed by atoms with Crippen LogP contribution in [0.3, 0.4) is 0 Å². The Morgan fingerprint density at radius 2 is 1.94 bits per heavy atom. The monoisotopic (exact) mass is 274 g/mol. The summed E-state index contributed by atoms with van der Waals surface area (Å²) >= 11 is 0. The first-order valence-corrected chi connectivity index (χ1v) is 6.00. The molecule has 0 unspecified atom stereocenters. The van der Waals surface area contributed by atoms with E-state index < -0.39 is 28.6 Å². The number of hydroxylamine groups is 1. The molecule has 0 aliphatic rings. The second-order valence-corrected chi connectivity index (χ2v) is 5.13. The molecule has 1 N–H and O–H groups in total. The highest BCUT2D eigenvalue weighted by Crippen LogP contribution is 2.27. The van der Waals surface area contributed by atoms with E-state index in [2.05, 4.69) is 10.2 Å². The van der Waals surface area contributed by atoms with Crippen LogP contribution in [0.2, 0.25) is 0 Å². The van der Waals surface area contributed by atoms with Crippen molar-refractivity contribution < 1.29 is 26.8 Å². The molecule has 0 amide bonds. The van der Waals surface area contributed by atoms with Crippen LogP contribution in [0, 0.1) is 0 Å². The lowest BCUT2D eigenvalue weighted by Gasteiger charge is -2.11. The maximum Gasteiger partial charge on any atom is 0.451 e. The molecule has 1 rings (SSSR count). The summed E-state index contributed by atoms with van der Waals surface area (Å²) in [4.78, 5) is 0. The molecule has 0 bridgehead atoms. The predicted molar refractivity (Wildman–Crippen MR) is 48.2 cm³/mol. The molecular formula is C6H9F3N4O3S. The first-order valence-electron chi connectivity index (χ1n) is 4.15. The van der Waals surface area contributed by atoms with Crippen molar-refractivity contribution >= 4 is 10.0 Å². The molecule has 0 aliphatic heterocycles. The van der Waals surface area contributed by atoms with Crippen LogP contribution in [0.5, 0.6) is 0 Å². The van der Waals surface area contributed by atoms with E-state index in [0.717, 1.165) is 7.05 Å². The fourth-order valence-electron chi connectivity index (χ4n) is 0.984. The Kier molecular flexibility index (Phi) is 3.45. The van der Waals surface area contributed by atoms with E-state index in [1.54, 1.807) is 0 Å². The second-order valence-electron chi connectivity index (χ2n) is 3.24. The molecule has 98 valence electrons. The van der Waals surface area contributed by atoms with Gasteiger partial charge in [-0.2, -0.15) is 13.2 Å². The molecule has 0 aliphatic carbocycles. The largest absolute Gasteiger partial charge is 0.451 e. The van der Waals surface area contributed by atoms with Gasteiger partial charge in [0.25, 0.3) is 0 Å². The highest BCUT2D eigenvalue weighted by Gasteiger charge is 2.37. The minimum absolute atomic E-state index is 0.114. The first kappa shape index (κ1) is 13.9. The van der Waals surface area contributed by atoms with Crippen LogP contribution < -0.4 is 0 Å². The van der Waals surface area contributed by atoms with Crippen LogP contribution >= 0.6 is 0 Å². The fourth-order valence-corrected chi connectivity index (χ4v) is 1.33. The fraction of sp³-hybridized carbons (Fsp3) is 0.667. The van der Waals surface area contributed by atoms with Crippen LogP contribution in [0.25, 0.3) is 0 Å². The zero-order valence-electron chi connectivity index (χ0n) is 8.80.